The normalized spacial score (nSPS) is 14.8. The third kappa shape index (κ3) is 2.45. The summed E-state index contributed by atoms with van der Waals surface area (Å²) in [6, 6.07) is 8.19. The maximum atomic E-state index is 11.5. The van der Waals surface area contributed by atoms with Gasteiger partial charge in [0.2, 0.25) is 0 Å². The molecule has 1 saturated heterocycles. The number of hydrogen-bond donors (Lipinski definition) is 1. The van der Waals surface area contributed by atoms with E-state index in [-0.39, 0.29) is 6.03 Å². The minimum atomic E-state index is 0.0169. The van der Waals surface area contributed by atoms with Gasteiger partial charge in [-0.05, 0) is 11.6 Å². The van der Waals surface area contributed by atoms with E-state index in [2.05, 4.69) is 16.4 Å². The Hall–Kier alpha value is -2.30. The summed E-state index contributed by atoms with van der Waals surface area (Å²) < 4.78 is 1.93. The number of imidazole rings is 1. The first-order valence-electron chi connectivity index (χ1n) is 6.32. The molecule has 2 heterocycles. The monoisotopic (exact) mass is 256 g/mol. The highest BCUT2D eigenvalue weighted by molar-refractivity contribution is 5.76. The molecule has 2 amide bonds. The first kappa shape index (κ1) is 11.8. The summed E-state index contributed by atoms with van der Waals surface area (Å²) in [6.07, 6.45) is 3.78. The van der Waals surface area contributed by atoms with Gasteiger partial charge < -0.3 is 14.8 Å². The lowest BCUT2D eigenvalue weighted by Crippen LogP contribution is -2.27. The Morgan fingerprint density at radius 3 is 3.00 bits per heavy atom. The molecular weight excluding hydrogens is 240 g/mol. The summed E-state index contributed by atoms with van der Waals surface area (Å²) in [7, 11) is 1.95. The molecule has 2 aromatic rings. The smallest absolute Gasteiger partial charge is 0.317 e. The number of urea groups is 1. The fourth-order valence-corrected chi connectivity index (χ4v) is 2.27. The average molecular weight is 256 g/mol. The number of aromatic nitrogens is 2. The Kier molecular flexibility index (Phi) is 2.95. The second kappa shape index (κ2) is 4.76. The number of nitrogens with one attached hydrogen (secondary N) is 1. The topological polar surface area (TPSA) is 50.2 Å². The zero-order valence-corrected chi connectivity index (χ0v) is 10.8. The van der Waals surface area contributed by atoms with Crippen molar-refractivity contribution < 1.29 is 4.79 Å². The minimum absolute atomic E-state index is 0.0169. The van der Waals surface area contributed by atoms with Crippen molar-refractivity contribution in [3.63, 3.8) is 0 Å². The van der Waals surface area contributed by atoms with Crippen LogP contribution in [0, 0.1) is 0 Å². The maximum absolute atomic E-state index is 11.5. The molecule has 0 saturated carbocycles. The third-order valence-electron chi connectivity index (χ3n) is 3.25. The van der Waals surface area contributed by atoms with Crippen LogP contribution in [0.3, 0.4) is 0 Å². The predicted molar refractivity (Wildman–Crippen MR) is 72.5 cm³/mol. The van der Waals surface area contributed by atoms with Crippen molar-refractivity contribution >= 4 is 6.03 Å². The molecule has 1 aliphatic rings. The number of amides is 2. The molecule has 1 aromatic heterocycles. The quantitative estimate of drug-likeness (QED) is 0.907. The molecule has 1 aromatic carbocycles. The van der Waals surface area contributed by atoms with E-state index in [1.165, 1.54) is 0 Å². The van der Waals surface area contributed by atoms with Crippen molar-refractivity contribution in [2.24, 2.45) is 7.05 Å². The summed E-state index contributed by atoms with van der Waals surface area (Å²) in [6.45, 7) is 2.15. The zero-order chi connectivity index (χ0) is 13.2. The molecule has 0 atom stereocenters. The molecule has 19 heavy (non-hydrogen) atoms. The first-order valence-corrected chi connectivity index (χ1v) is 6.32. The van der Waals surface area contributed by atoms with Gasteiger partial charge in [-0.2, -0.15) is 0 Å². The molecule has 0 aliphatic carbocycles. The summed E-state index contributed by atoms with van der Waals surface area (Å²) in [5.74, 6) is 0. The van der Waals surface area contributed by atoms with E-state index >= 15 is 0 Å². The maximum Gasteiger partial charge on any atom is 0.317 e. The fraction of sp³-hybridized carbons (Fsp3) is 0.286. The summed E-state index contributed by atoms with van der Waals surface area (Å²) in [5.41, 5.74) is 3.16. The molecule has 5 heteroatoms. The molecule has 0 bridgehead atoms. The van der Waals surface area contributed by atoms with Crippen LogP contribution in [0.1, 0.15) is 5.56 Å². The molecule has 1 fully saturated rings. The largest absolute Gasteiger partial charge is 0.340 e. The predicted octanol–water partition coefficient (Wildman–Crippen LogP) is 1.61. The second-order valence-corrected chi connectivity index (χ2v) is 4.78. The Bertz CT molecular complexity index is 605. The van der Waals surface area contributed by atoms with Crippen molar-refractivity contribution in [2.45, 2.75) is 6.54 Å². The standard InChI is InChI=1S/C14H16N4O/c1-17-9-13(16-10-17)12-4-2-3-11(7-12)8-18-6-5-15-14(18)19/h2-4,7,9-10H,5-6,8H2,1H3,(H,15,19). The van der Waals surface area contributed by atoms with Gasteiger partial charge in [0.1, 0.15) is 0 Å². The molecule has 1 aliphatic heterocycles. The van der Waals surface area contributed by atoms with Crippen molar-refractivity contribution in [1.29, 1.82) is 0 Å². The molecule has 0 spiro atoms. The van der Waals surface area contributed by atoms with Crippen molar-refractivity contribution in [2.75, 3.05) is 13.1 Å². The SMILES string of the molecule is Cn1cnc(-c2cccc(CN3CCNC3=O)c2)c1. The molecular formula is C14H16N4O. The molecule has 0 radical (unpaired) electrons. The van der Waals surface area contributed by atoms with Crippen LogP contribution in [-0.4, -0.2) is 33.6 Å². The Morgan fingerprint density at radius 1 is 1.42 bits per heavy atom. The van der Waals surface area contributed by atoms with Gasteiger partial charge in [-0.3, -0.25) is 0 Å². The van der Waals surface area contributed by atoms with Gasteiger partial charge in [-0.15, -0.1) is 0 Å². The van der Waals surface area contributed by atoms with Gasteiger partial charge in [0, 0.05) is 38.4 Å². The second-order valence-electron chi connectivity index (χ2n) is 4.78. The zero-order valence-electron chi connectivity index (χ0n) is 10.8. The lowest BCUT2D eigenvalue weighted by atomic mass is 10.1. The van der Waals surface area contributed by atoms with E-state index in [1.807, 2.05) is 40.9 Å². The summed E-state index contributed by atoms with van der Waals surface area (Å²) in [4.78, 5) is 17.7. The van der Waals surface area contributed by atoms with Crippen LogP contribution in [0.5, 0.6) is 0 Å². The van der Waals surface area contributed by atoms with Crippen LogP contribution >= 0.6 is 0 Å². The Labute approximate surface area is 111 Å². The van der Waals surface area contributed by atoms with Gasteiger partial charge in [0.05, 0.1) is 12.0 Å². The van der Waals surface area contributed by atoms with Crippen LogP contribution < -0.4 is 5.32 Å². The van der Waals surface area contributed by atoms with Crippen LogP contribution in [-0.2, 0) is 13.6 Å². The van der Waals surface area contributed by atoms with Gasteiger partial charge >= 0.3 is 6.03 Å². The van der Waals surface area contributed by atoms with Gasteiger partial charge in [-0.25, -0.2) is 9.78 Å². The van der Waals surface area contributed by atoms with E-state index in [4.69, 9.17) is 0 Å². The van der Waals surface area contributed by atoms with Crippen molar-refractivity contribution in [3.05, 3.63) is 42.4 Å². The highest BCUT2D eigenvalue weighted by Crippen LogP contribution is 2.19. The van der Waals surface area contributed by atoms with Crippen LogP contribution in [0.2, 0.25) is 0 Å². The van der Waals surface area contributed by atoms with Crippen LogP contribution in [0.4, 0.5) is 4.79 Å². The van der Waals surface area contributed by atoms with E-state index in [0.29, 0.717) is 6.54 Å². The number of nitrogens with zero attached hydrogens (tertiary/aromatic N) is 3. The van der Waals surface area contributed by atoms with Crippen LogP contribution in [0.25, 0.3) is 11.3 Å². The lowest BCUT2D eigenvalue weighted by molar-refractivity contribution is 0.215. The summed E-state index contributed by atoms with van der Waals surface area (Å²) >= 11 is 0. The van der Waals surface area contributed by atoms with Gasteiger partial charge in [-0.1, -0.05) is 18.2 Å². The number of aryl methyl sites for hydroxylation is 1. The molecule has 0 unspecified atom stereocenters. The molecule has 5 nitrogen and oxygen atoms in total. The number of rotatable bonds is 3. The summed E-state index contributed by atoms with van der Waals surface area (Å²) in [5, 5.41) is 2.81. The number of benzene rings is 1. The first-order chi connectivity index (χ1) is 9.22. The highest BCUT2D eigenvalue weighted by atomic mass is 16.2. The number of carbonyl (C=O) groups is 1. The third-order valence-corrected chi connectivity index (χ3v) is 3.25. The lowest BCUT2D eigenvalue weighted by Gasteiger charge is -2.14. The Balaban J connectivity index is 1.81. The number of hydrogen-bond acceptors (Lipinski definition) is 2. The molecule has 3 rings (SSSR count). The Morgan fingerprint density at radius 2 is 2.32 bits per heavy atom. The molecule has 1 N–H and O–H groups in total. The fourth-order valence-electron chi connectivity index (χ4n) is 2.27. The average Bonchev–Trinajstić information content (AvgIpc) is 3.00. The van der Waals surface area contributed by atoms with E-state index < -0.39 is 0 Å². The van der Waals surface area contributed by atoms with E-state index in [0.717, 1.165) is 29.9 Å². The van der Waals surface area contributed by atoms with E-state index in [1.54, 1.807) is 6.33 Å². The van der Waals surface area contributed by atoms with Crippen molar-refractivity contribution in [1.82, 2.24) is 19.8 Å². The molecule has 98 valence electrons. The van der Waals surface area contributed by atoms with Gasteiger partial charge in [0.25, 0.3) is 0 Å². The minimum Gasteiger partial charge on any atom is -0.340 e. The highest BCUT2D eigenvalue weighted by Gasteiger charge is 2.19. The van der Waals surface area contributed by atoms with Gasteiger partial charge in [0.15, 0.2) is 0 Å². The van der Waals surface area contributed by atoms with E-state index in [9.17, 15) is 4.79 Å². The van der Waals surface area contributed by atoms with Crippen LogP contribution in [0.15, 0.2) is 36.8 Å². The number of carbonyl (C=O) groups excluding carboxylic acids is 1. The van der Waals surface area contributed by atoms with Crippen molar-refractivity contribution in [3.8, 4) is 11.3 Å².